The first kappa shape index (κ1) is 19.0. The Bertz CT molecular complexity index is 981. The molecule has 0 aliphatic carbocycles. The van der Waals surface area contributed by atoms with E-state index in [9.17, 15) is 13.6 Å². The normalized spacial score (nSPS) is 10.6. The Morgan fingerprint density at radius 2 is 1.93 bits per heavy atom. The maximum absolute atomic E-state index is 13.7. The van der Waals surface area contributed by atoms with Gasteiger partial charge in [0.25, 0.3) is 5.91 Å². The fraction of sp³-hybridized carbons (Fsp3) is 0.0500. The Hall–Kier alpha value is -3.81. The average Bonchev–Trinajstić information content (AvgIpc) is 2.70. The number of nitrogens with zero attached hydrogens (tertiary/aromatic N) is 2. The number of carbonyl (C=O) groups is 1. The second kappa shape index (κ2) is 9.22. The zero-order chi connectivity index (χ0) is 19.8. The van der Waals surface area contributed by atoms with E-state index in [0.717, 1.165) is 17.7 Å². The van der Waals surface area contributed by atoms with E-state index in [0.29, 0.717) is 11.4 Å². The Morgan fingerprint density at radius 1 is 1.11 bits per heavy atom. The number of pyridine rings is 1. The van der Waals surface area contributed by atoms with Gasteiger partial charge in [-0.2, -0.15) is 5.10 Å². The van der Waals surface area contributed by atoms with Crippen LogP contribution >= 0.6 is 0 Å². The van der Waals surface area contributed by atoms with Crippen molar-refractivity contribution in [2.75, 3.05) is 11.9 Å². The van der Waals surface area contributed by atoms with Gasteiger partial charge in [-0.25, -0.2) is 14.2 Å². The number of anilines is 1. The van der Waals surface area contributed by atoms with E-state index >= 15 is 0 Å². The topological polar surface area (TPSA) is 75.6 Å². The number of carbonyl (C=O) groups excluding carboxylic acids is 1. The highest BCUT2D eigenvalue weighted by Gasteiger charge is 2.07. The molecule has 0 atom stereocenters. The number of nitrogens with one attached hydrogen (secondary N) is 2. The van der Waals surface area contributed by atoms with Crippen molar-refractivity contribution in [2.45, 2.75) is 0 Å². The van der Waals surface area contributed by atoms with Crippen LogP contribution in [0.2, 0.25) is 0 Å². The van der Waals surface area contributed by atoms with Crippen LogP contribution in [0.3, 0.4) is 0 Å². The molecule has 0 spiro atoms. The highest BCUT2D eigenvalue weighted by molar-refractivity contribution is 5.84. The first-order chi connectivity index (χ1) is 13.6. The quantitative estimate of drug-likeness (QED) is 0.482. The summed E-state index contributed by atoms with van der Waals surface area (Å²) in [6, 6.07) is 13.2. The fourth-order valence-electron chi connectivity index (χ4n) is 2.20. The summed E-state index contributed by atoms with van der Waals surface area (Å²) in [5, 5.41) is 6.77. The first-order valence-corrected chi connectivity index (χ1v) is 8.29. The zero-order valence-corrected chi connectivity index (χ0v) is 14.6. The lowest BCUT2D eigenvalue weighted by molar-refractivity contribution is -0.119. The Labute approximate surface area is 159 Å². The monoisotopic (exact) mass is 382 g/mol. The van der Waals surface area contributed by atoms with Crippen molar-refractivity contribution in [3.05, 3.63) is 84.2 Å². The number of ether oxygens (including phenoxy) is 1. The van der Waals surface area contributed by atoms with Gasteiger partial charge in [0.1, 0.15) is 11.6 Å². The van der Waals surface area contributed by atoms with Gasteiger partial charge >= 0.3 is 0 Å². The molecule has 0 bridgehead atoms. The summed E-state index contributed by atoms with van der Waals surface area (Å²) in [7, 11) is 0. The molecule has 3 rings (SSSR count). The maximum atomic E-state index is 13.7. The summed E-state index contributed by atoms with van der Waals surface area (Å²) in [6.45, 7) is -0.0257. The minimum absolute atomic E-state index is 0.0257. The SMILES string of the molecule is O=C(CNc1cccc(Oc2ccc(F)cc2F)c1)N/N=C/c1ccncc1. The van der Waals surface area contributed by atoms with E-state index in [4.69, 9.17) is 4.74 Å². The van der Waals surface area contributed by atoms with E-state index in [2.05, 4.69) is 20.8 Å². The van der Waals surface area contributed by atoms with Crippen molar-refractivity contribution >= 4 is 17.8 Å². The molecule has 142 valence electrons. The Morgan fingerprint density at radius 3 is 2.71 bits per heavy atom. The van der Waals surface area contributed by atoms with Crippen molar-refractivity contribution in [3.63, 3.8) is 0 Å². The van der Waals surface area contributed by atoms with Crippen LogP contribution < -0.4 is 15.5 Å². The van der Waals surface area contributed by atoms with Gasteiger partial charge in [0.2, 0.25) is 0 Å². The molecule has 0 fully saturated rings. The van der Waals surface area contributed by atoms with Crippen molar-refractivity contribution in [2.24, 2.45) is 5.10 Å². The lowest BCUT2D eigenvalue weighted by atomic mass is 10.3. The predicted molar refractivity (Wildman–Crippen MR) is 101 cm³/mol. The van der Waals surface area contributed by atoms with Gasteiger partial charge in [-0.3, -0.25) is 9.78 Å². The number of hydrogen-bond acceptors (Lipinski definition) is 5. The smallest absolute Gasteiger partial charge is 0.259 e. The highest BCUT2D eigenvalue weighted by atomic mass is 19.1. The molecule has 0 saturated carbocycles. The van der Waals surface area contributed by atoms with Crippen molar-refractivity contribution in [1.82, 2.24) is 10.4 Å². The van der Waals surface area contributed by atoms with E-state index < -0.39 is 11.6 Å². The van der Waals surface area contributed by atoms with Crippen molar-refractivity contribution < 1.29 is 18.3 Å². The molecule has 1 aromatic heterocycles. The molecule has 0 radical (unpaired) electrons. The minimum atomic E-state index is -0.801. The number of halogens is 2. The fourth-order valence-corrected chi connectivity index (χ4v) is 2.20. The number of aromatic nitrogens is 1. The average molecular weight is 382 g/mol. The number of hydrogen-bond donors (Lipinski definition) is 2. The predicted octanol–water partition coefficient (Wildman–Crippen LogP) is 3.71. The number of rotatable bonds is 7. The van der Waals surface area contributed by atoms with Crippen LogP contribution in [0.5, 0.6) is 11.5 Å². The summed E-state index contributed by atoms with van der Waals surface area (Å²) in [5.74, 6) is -1.59. The number of benzene rings is 2. The van der Waals surface area contributed by atoms with Crippen LogP contribution in [0.15, 0.2) is 72.1 Å². The third-order valence-corrected chi connectivity index (χ3v) is 3.52. The molecule has 8 heteroatoms. The summed E-state index contributed by atoms with van der Waals surface area (Å²) >= 11 is 0. The number of hydrazone groups is 1. The standard InChI is InChI=1S/C20H16F2N4O2/c21-15-4-5-19(18(22)10-15)28-17-3-1-2-16(11-17)24-13-20(27)26-25-12-14-6-8-23-9-7-14/h1-12,24H,13H2,(H,26,27)/b25-12+. The van der Waals surface area contributed by atoms with Crippen LogP contribution in [-0.4, -0.2) is 23.7 Å². The zero-order valence-electron chi connectivity index (χ0n) is 14.6. The summed E-state index contributed by atoms with van der Waals surface area (Å²) < 4.78 is 32.1. The molecule has 2 aromatic carbocycles. The van der Waals surface area contributed by atoms with Crippen LogP contribution in [0.1, 0.15) is 5.56 Å². The molecule has 28 heavy (non-hydrogen) atoms. The van der Waals surface area contributed by atoms with Gasteiger partial charge in [0.05, 0.1) is 12.8 Å². The van der Waals surface area contributed by atoms with E-state index in [1.807, 2.05) is 0 Å². The second-order valence-corrected chi connectivity index (χ2v) is 5.63. The summed E-state index contributed by atoms with van der Waals surface area (Å²) in [6.07, 6.45) is 4.75. The second-order valence-electron chi connectivity index (χ2n) is 5.63. The van der Waals surface area contributed by atoms with Gasteiger partial charge in [-0.05, 0) is 42.0 Å². The van der Waals surface area contributed by atoms with E-state index in [1.165, 1.54) is 12.3 Å². The first-order valence-electron chi connectivity index (χ1n) is 8.29. The summed E-state index contributed by atoms with van der Waals surface area (Å²) in [5.41, 5.74) is 3.80. The number of amides is 1. The largest absolute Gasteiger partial charge is 0.454 e. The molecule has 0 unspecified atom stereocenters. The van der Waals surface area contributed by atoms with E-state index in [-0.39, 0.29) is 18.2 Å². The molecule has 1 amide bonds. The van der Waals surface area contributed by atoms with Crippen LogP contribution in [0, 0.1) is 11.6 Å². The van der Waals surface area contributed by atoms with Crippen molar-refractivity contribution in [1.29, 1.82) is 0 Å². The highest BCUT2D eigenvalue weighted by Crippen LogP contribution is 2.26. The van der Waals surface area contributed by atoms with Crippen LogP contribution in [-0.2, 0) is 4.79 Å². The molecule has 0 aliphatic heterocycles. The van der Waals surface area contributed by atoms with Gasteiger partial charge in [-0.15, -0.1) is 0 Å². The molecule has 0 saturated heterocycles. The molecule has 2 N–H and O–H groups in total. The third kappa shape index (κ3) is 5.60. The lowest BCUT2D eigenvalue weighted by Crippen LogP contribution is -2.25. The van der Waals surface area contributed by atoms with E-state index in [1.54, 1.807) is 48.8 Å². The Kier molecular flexibility index (Phi) is 6.25. The van der Waals surface area contributed by atoms with Gasteiger partial charge in [0.15, 0.2) is 11.6 Å². The molecule has 3 aromatic rings. The molecular formula is C20H16F2N4O2. The maximum Gasteiger partial charge on any atom is 0.259 e. The van der Waals surface area contributed by atoms with Gasteiger partial charge < -0.3 is 10.1 Å². The minimum Gasteiger partial charge on any atom is -0.454 e. The molecule has 1 heterocycles. The molecule has 0 aliphatic rings. The lowest BCUT2D eigenvalue weighted by Gasteiger charge is -2.10. The summed E-state index contributed by atoms with van der Waals surface area (Å²) in [4.78, 5) is 15.7. The molecular weight excluding hydrogens is 366 g/mol. The van der Waals surface area contributed by atoms with Crippen LogP contribution in [0.4, 0.5) is 14.5 Å². The van der Waals surface area contributed by atoms with Crippen molar-refractivity contribution in [3.8, 4) is 11.5 Å². The van der Waals surface area contributed by atoms with Gasteiger partial charge in [0, 0.05) is 30.2 Å². The van der Waals surface area contributed by atoms with Gasteiger partial charge in [-0.1, -0.05) is 6.07 Å². The van der Waals surface area contributed by atoms with Crippen LogP contribution in [0.25, 0.3) is 0 Å². The Balaban J connectivity index is 1.52. The third-order valence-electron chi connectivity index (χ3n) is 3.52. The molecule has 6 nitrogen and oxygen atoms in total.